The minimum Gasteiger partial charge on any atom is -0.460 e. The number of amides is 2. The normalized spacial score (nSPS) is 16.4. The molecule has 3 aromatic rings. The van der Waals surface area contributed by atoms with E-state index in [4.69, 9.17) is 13.9 Å². The van der Waals surface area contributed by atoms with Crippen LogP contribution in [0.1, 0.15) is 59.9 Å². The number of hydrogen-bond acceptors (Lipinski definition) is 6. The minimum absolute atomic E-state index is 0.108. The maximum Gasteiger partial charge on any atom is 0.416 e. The van der Waals surface area contributed by atoms with Crippen LogP contribution in [0.25, 0.3) is 0 Å². The molecular formula is C36H45NO6Si. The molecule has 2 amide bonds. The van der Waals surface area contributed by atoms with Gasteiger partial charge in [-0.15, -0.1) is 0 Å². The first kappa shape index (κ1) is 33.1. The van der Waals surface area contributed by atoms with Crippen LogP contribution in [0.2, 0.25) is 5.04 Å². The third kappa shape index (κ3) is 7.84. The molecule has 0 spiro atoms. The number of cyclic esters (lactones) is 1. The summed E-state index contributed by atoms with van der Waals surface area (Å²) in [6, 6.07) is 29.8. The van der Waals surface area contributed by atoms with Crippen LogP contribution in [0.3, 0.4) is 0 Å². The predicted octanol–water partition coefficient (Wildman–Crippen LogP) is 5.89. The van der Waals surface area contributed by atoms with E-state index in [0.29, 0.717) is 6.42 Å². The summed E-state index contributed by atoms with van der Waals surface area (Å²) in [6.07, 6.45) is -0.138. The number of imide groups is 1. The van der Waals surface area contributed by atoms with Gasteiger partial charge in [0, 0.05) is 6.61 Å². The van der Waals surface area contributed by atoms with E-state index < -0.39 is 43.8 Å². The van der Waals surface area contributed by atoms with E-state index >= 15 is 0 Å². The highest BCUT2D eigenvalue weighted by Gasteiger charge is 2.50. The number of carbonyl (C=O) groups excluding carboxylic acids is 3. The molecule has 8 heteroatoms. The highest BCUT2D eigenvalue weighted by Crippen LogP contribution is 2.37. The first-order valence-electron chi connectivity index (χ1n) is 15.3. The SMILES string of the molecule is CC(C)(C)OC(=O)C[C@H](CCO[Si](c1ccccc1)(c1ccccc1)C(C)(C)C)C(=O)N1C(=O)OC[C@H]1Cc1ccccc1. The molecule has 234 valence electrons. The Kier molecular flexibility index (Phi) is 10.5. The fraction of sp³-hybridized carbons (Fsp3) is 0.417. The van der Waals surface area contributed by atoms with E-state index in [0.717, 1.165) is 15.9 Å². The van der Waals surface area contributed by atoms with Crippen molar-refractivity contribution in [3.63, 3.8) is 0 Å². The van der Waals surface area contributed by atoms with Gasteiger partial charge in [0.1, 0.15) is 12.2 Å². The molecule has 0 aliphatic carbocycles. The van der Waals surface area contributed by atoms with Crippen molar-refractivity contribution in [1.29, 1.82) is 0 Å². The van der Waals surface area contributed by atoms with E-state index in [1.165, 1.54) is 4.90 Å². The number of benzene rings is 3. The molecule has 0 saturated carbocycles. The second kappa shape index (κ2) is 13.9. The van der Waals surface area contributed by atoms with Gasteiger partial charge in [-0.1, -0.05) is 112 Å². The van der Waals surface area contributed by atoms with Gasteiger partial charge in [0.2, 0.25) is 5.91 Å². The Hall–Kier alpha value is -3.75. The molecular weight excluding hydrogens is 570 g/mol. The standard InChI is InChI=1S/C36H45NO6Si/c1-35(2,3)43-32(38)25-28(33(39)37-29(26-41-34(37)40)24-27-16-10-7-11-17-27)22-23-42-44(36(4,5)6,30-18-12-8-13-19-30)31-20-14-9-15-21-31/h7-21,28-29H,22-26H2,1-6H3/t28-,29+/m0/s1. The van der Waals surface area contributed by atoms with Crippen molar-refractivity contribution < 1.29 is 28.3 Å². The Morgan fingerprint density at radius 1 is 0.864 bits per heavy atom. The lowest BCUT2D eigenvalue weighted by Gasteiger charge is -2.43. The molecule has 0 bridgehead atoms. The van der Waals surface area contributed by atoms with Crippen molar-refractivity contribution >= 4 is 36.7 Å². The van der Waals surface area contributed by atoms with E-state index in [-0.39, 0.29) is 31.1 Å². The van der Waals surface area contributed by atoms with Crippen LogP contribution < -0.4 is 10.4 Å². The molecule has 0 aromatic heterocycles. The number of rotatable bonds is 11. The first-order valence-corrected chi connectivity index (χ1v) is 17.2. The summed E-state index contributed by atoms with van der Waals surface area (Å²) in [5, 5.41) is 2.00. The molecule has 0 radical (unpaired) electrons. The van der Waals surface area contributed by atoms with Gasteiger partial charge in [-0.05, 0) is 54.6 Å². The average molecular weight is 616 g/mol. The molecule has 1 saturated heterocycles. The van der Waals surface area contributed by atoms with Gasteiger partial charge in [-0.2, -0.15) is 0 Å². The van der Waals surface area contributed by atoms with Crippen molar-refractivity contribution in [2.75, 3.05) is 13.2 Å². The molecule has 44 heavy (non-hydrogen) atoms. The zero-order valence-electron chi connectivity index (χ0n) is 26.7. The molecule has 1 aliphatic rings. The van der Waals surface area contributed by atoms with Crippen LogP contribution in [0.5, 0.6) is 0 Å². The van der Waals surface area contributed by atoms with E-state index in [1.54, 1.807) is 20.8 Å². The van der Waals surface area contributed by atoms with Crippen molar-refractivity contribution in [3.8, 4) is 0 Å². The smallest absolute Gasteiger partial charge is 0.416 e. The third-order valence-corrected chi connectivity index (χ3v) is 12.9. The van der Waals surface area contributed by atoms with Gasteiger partial charge in [0.05, 0.1) is 18.4 Å². The second-order valence-electron chi connectivity index (χ2n) is 13.4. The first-order chi connectivity index (χ1) is 20.8. The van der Waals surface area contributed by atoms with Crippen LogP contribution in [0.4, 0.5) is 4.79 Å². The van der Waals surface area contributed by atoms with Crippen molar-refractivity contribution in [1.82, 2.24) is 4.90 Å². The van der Waals surface area contributed by atoms with Crippen LogP contribution in [-0.4, -0.2) is 56.0 Å². The number of esters is 1. The van der Waals surface area contributed by atoms with Crippen molar-refractivity contribution in [2.45, 2.75) is 77.5 Å². The van der Waals surface area contributed by atoms with Crippen LogP contribution >= 0.6 is 0 Å². The number of nitrogens with zero attached hydrogens (tertiary/aromatic N) is 1. The zero-order valence-corrected chi connectivity index (χ0v) is 27.7. The lowest BCUT2D eigenvalue weighted by Crippen LogP contribution is -2.66. The van der Waals surface area contributed by atoms with Crippen LogP contribution in [0, 0.1) is 5.92 Å². The van der Waals surface area contributed by atoms with Gasteiger partial charge in [0.15, 0.2) is 0 Å². The lowest BCUT2D eigenvalue weighted by molar-refractivity contribution is -0.158. The Bertz CT molecular complexity index is 1360. The van der Waals surface area contributed by atoms with Gasteiger partial charge in [0.25, 0.3) is 8.32 Å². The summed E-state index contributed by atoms with van der Waals surface area (Å²) in [4.78, 5) is 41.3. The molecule has 0 unspecified atom stereocenters. The molecule has 3 aromatic carbocycles. The van der Waals surface area contributed by atoms with E-state index in [9.17, 15) is 14.4 Å². The van der Waals surface area contributed by atoms with Gasteiger partial charge in [-0.3, -0.25) is 9.59 Å². The minimum atomic E-state index is -2.87. The zero-order chi connectivity index (χ0) is 32.0. The summed E-state index contributed by atoms with van der Waals surface area (Å²) in [5.74, 6) is -1.76. The highest BCUT2D eigenvalue weighted by atomic mass is 28.4. The van der Waals surface area contributed by atoms with E-state index in [1.807, 2.05) is 66.7 Å². The topological polar surface area (TPSA) is 82.1 Å². The highest BCUT2D eigenvalue weighted by molar-refractivity contribution is 6.99. The Morgan fingerprint density at radius 3 is 1.89 bits per heavy atom. The monoisotopic (exact) mass is 615 g/mol. The summed E-state index contributed by atoms with van der Waals surface area (Å²) >= 11 is 0. The summed E-state index contributed by atoms with van der Waals surface area (Å²) < 4.78 is 18.0. The molecule has 4 rings (SSSR count). The largest absolute Gasteiger partial charge is 0.460 e. The predicted molar refractivity (Wildman–Crippen MR) is 174 cm³/mol. The summed E-state index contributed by atoms with van der Waals surface area (Å²) in [6.45, 7) is 12.3. The number of hydrogen-bond donors (Lipinski definition) is 0. The maximum absolute atomic E-state index is 14.1. The fourth-order valence-electron chi connectivity index (χ4n) is 5.98. The quantitative estimate of drug-likeness (QED) is 0.198. The lowest BCUT2D eigenvalue weighted by atomic mass is 9.98. The van der Waals surface area contributed by atoms with Crippen LogP contribution in [0.15, 0.2) is 91.0 Å². The van der Waals surface area contributed by atoms with E-state index in [2.05, 4.69) is 45.0 Å². The number of carbonyl (C=O) groups is 3. The van der Waals surface area contributed by atoms with Gasteiger partial charge in [-0.25, -0.2) is 9.69 Å². The third-order valence-electron chi connectivity index (χ3n) is 7.90. The summed E-state index contributed by atoms with van der Waals surface area (Å²) in [7, 11) is -2.87. The maximum atomic E-state index is 14.1. The van der Waals surface area contributed by atoms with Crippen molar-refractivity contribution in [3.05, 3.63) is 96.6 Å². The Labute approximate surface area is 262 Å². The molecule has 2 atom stereocenters. The molecule has 1 heterocycles. The molecule has 7 nitrogen and oxygen atoms in total. The van der Waals surface area contributed by atoms with Gasteiger partial charge >= 0.3 is 12.1 Å². The molecule has 0 N–H and O–H groups in total. The van der Waals surface area contributed by atoms with Crippen molar-refractivity contribution in [2.24, 2.45) is 5.92 Å². The fourth-order valence-corrected chi connectivity index (χ4v) is 10.6. The summed E-state index contributed by atoms with van der Waals surface area (Å²) in [5.41, 5.74) is 0.283. The van der Waals surface area contributed by atoms with Crippen LogP contribution in [-0.2, 0) is 29.9 Å². The Balaban J connectivity index is 1.63. The second-order valence-corrected chi connectivity index (χ2v) is 17.7. The van der Waals surface area contributed by atoms with Gasteiger partial charge < -0.3 is 13.9 Å². The average Bonchev–Trinajstić information content (AvgIpc) is 3.33. The molecule has 1 fully saturated rings. The Morgan fingerprint density at radius 2 is 1.39 bits per heavy atom. The number of ether oxygens (including phenoxy) is 2. The molecule has 1 aliphatic heterocycles.